The lowest BCUT2D eigenvalue weighted by Crippen LogP contribution is -2.48. The van der Waals surface area contributed by atoms with Crippen LogP contribution in [-0.4, -0.2) is 58.1 Å². The van der Waals surface area contributed by atoms with E-state index in [1.54, 1.807) is 36.7 Å². The fraction of sp³-hybridized carbons (Fsp3) is 0.286. The summed E-state index contributed by atoms with van der Waals surface area (Å²) in [6.07, 6.45) is 3.61. The van der Waals surface area contributed by atoms with Crippen LogP contribution in [-0.2, 0) is 11.3 Å². The van der Waals surface area contributed by atoms with Crippen LogP contribution in [0.1, 0.15) is 29.2 Å². The van der Waals surface area contributed by atoms with E-state index in [1.165, 1.54) is 6.07 Å². The molecule has 1 amide bonds. The highest BCUT2D eigenvalue weighted by atomic mass is 35.5. The highest BCUT2D eigenvalue weighted by molar-refractivity contribution is 6.30. The van der Waals surface area contributed by atoms with Crippen LogP contribution in [0.3, 0.4) is 0 Å². The number of pyridine rings is 1. The van der Waals surface area contributed by atoms with Gasteiger partial charge in [0.2, 0.25) is 12.7 Å². The fourth-order valence-electron chi connectivity index (χ4n) is 5.12. The molecule has 4 aromatic rings. The maximum Gasteiger partial charge on any atom is 0.231 e. The van der Waals surface area contributed by atoms with E-state index in [9.17, 15) is 9.18 Å². The molecule has 0 aliphatic carbocycles. The van der Waals surface area contributed by atoms with Crippen LogP contribution in [0.25, 0.3) is 5.65 Å². The summed E-state index contributed by atoms with van der Waals surface area (Å²) in [7, 11) is 0. The summed E-state index contributed by atoms with van der Waals surface area (Å²) in [6.45, 7) is 3.79. The zero-order chi connectivity index (χ0) is 25.4. The van der Waals surface area contributed by atoms with Crippen molar-refractivity contribution in [3.8, 4) is 11.5 Å². The molecule has 0 saturated carbocycles. The van der Waals surface area contributed by atoms with E-state index in [1.807, 2.05) is 33.6 Å². The van der Waals surface area contributed by atoms with Crippen LogP contribution < -0.4 is 9.47 Å². The molecule has 4 heterocycles. The Kier molecular flexibility index (Phi) is 6.44. The van der Waals surface area contributed by atoms with Crippen molar-refractivity contribution < 1.29 is 18.7 Å². The Morgan fingerprint density at radius 3 is 2.68 bits per heavy atom. The zero-order valence-corrected chi connectivity index (χ0v) is 20.9. The number of piperazine rings is 1. The minimum Gasteiger partial charge on any atom is -0.454 e. The third kappa shape index (κ3) is 4.86. The van der Waals surface area contributed by atoms with E-state index in [0.29, 0.717) is 29.3 Å². The summed E-state index contributed by atoms with van der Waals surface area (Å²) >= 11 is 6.24. The monoisotopic (exact) mass is 520 g/mol. The Labute approximate surface area is 219 Å². The number of benzene rings is 2. The van der Waals surface area contributed by atoms with E-state index < -0.39 is 5.92 Å². The van der Waals surface area contributed by atoms with Gasteiger partial charge in [-0.05, 0) is 41.5 Å². The number of aromatic nitrogens is 2. The number of rotatable bonds is 6. The number of hydrogen-bond acceptors (Lipinski definition) is 5. The van der Waals surface area contributed by atoms with Gasteiger partial charge in [0.15, 0.2) is 11.5 Å². The highest BCUT2D eigenvalue weighted by Crippen LogP contribution is 2.34. The molecule has 2 aromatic heterocycles. The Bertz CT molecular complexity index is 1450. The maximum absolute atomic E-state index is 14.9. The average molecular weight is 521 g/mol. The largest absolute Gasteiger partial charge is 0.454 e. The van der Waals surface area contributed by atoms with Crippen LogP contribution in [0.4, 0.5) is 4.39 Å². The van der Waals surface area contributed by atoms with Gasteiger partial charge < -0.3 is 18.8 Å². The van der Waals surface area contributed by atoms with Gasteiger partial charge in [0.05, 0.1) is 10.7 Å². The molecule has 0 spiro atoms. The Balaban J connectivity index is 1.17. The molecule has 0 bridgehead atoms. The van der Waals surface area contributed by atoms with E-state index >= 15 is 0 Å². The molecular formula is C28H26ClFN4O3. The zero-order valence-electron chi connectivity index (χ0n) is 20.1. The SMILES string of the molecule is O=C(CC(c1ccccc1F)c1cnc2ccc(Cl)cn12)N1CCN(Cc2ccc3c(c2)OCO3)CC1. The van der Waals surface area contributed by atoms with E-state index in [0.717, 1.165) is 42.4 Å². The van der Waals surface area contributed by atoms with Crippen molar-refractivity contribution in [3.63, 3.8) is 0 Å². The molecule has 0 N–H and O–H groups in total. The Morgan fingerprint density at radius 1 is 1.03 bits per heavy atom. The lowest BCUT2D eigenvalue weighted by molar-refractivity contribution is -0.133. The van der Waals surface area contributed by atoms with E-state index in [4.69, 9.17) is 21.1 Å². The van der Waals surface area contributed by atoms with E-state index in [2.05, 4.69) is 9.88 Å². The first-order chi connectivity index (χ1) is 18.0. The summed E-state index contributed by atoms with van der Waals surface area (Å²) in [5, 5.41) is 0.545. The molecule has 2 aromatic carbocycles. The third-order valence-electron chi connectivity index (χ3n) is 7.08. The minimum absolute atomic E-state index is 0.00652. The molecule has 1 saturated heterocycles. The standard InChI is InChI=1S/C28H26ClFN4O3/c29-20-6-8-27-31-15-24(34(27)17-20)22(21-3-1-2-4-23(21)30)14-28(35)33-11-9-32(10-12-33)16-19-5-7-25-26(13-19)37-18-36-25/h1-8,13,15,17,22H,9-12,14,16,18H2. The third-order valence-corrected chi connectivity index (χ3v) is 7.31. The summed E-state index contributed by atoms with van der Waals surface area (Å²) < 4.78 is 27.7. The first kappa shape index (κ1) is 23.8. The van der Waals surface area contributed by atoms with Crippen molar-refractivity contribution in [2.45, 2.75) is 18.9 Å². The van der Waals surface area contributed by atoms with Crippen LogP contribution in [0, 0.1) is 5.82 Å². The highest BCUT2D eigenvalue weighted by Gasteiger charge is 2.28. The molecule has 6 rings (SSSR count). The lowest BCUT2D eigenvalue weighted by atomic mass is 9.91. The molecule has 1 atom stereocenters. The quantitative estimate of drug-likeness (QED) is 0.368. The van der Waals surface area contributed by atoms with Gasteiger partial charge in [0.25, 0.3) is 0 Å². The number of amides is 1. The second-order valence-electron chi connectivity index (χ2n) is 9.38. The van der Waals surface area contributed by atoms with Gasteiger partial charge >= 0.3 is 0 Å². The molecular weight excluding hydrogens is 495 g/mol. The van der Waals surface area contributed by atoms with Crippen molar-refractivity contribution >= 4 is 23.2 Å². The molecule has 0 radical (unpaired) electrons. The summed E-state index contributed by atoms with van der Waals surface area (Å²) in [5.41, 5.74) is 3.05. The van der Waals surface area contributed by atoms with Crippen molar-refractivity contribution in [2.24, 2.45) is 0 Å². The predicted octanol–water partition coefficient (Wildman–Crippen LogP) is 4.72. The number of imidazole rings is 1. The van der Waals surface area contributed by atoms with Crippen molar-refractivity contribution in [3.05, 3.63) is 94.7 Å². The molecule has 7 nitrogen and oxygen atoms in total. The predicted molar refractivity (Wildman–Crippen MR) is 137 cm³/mol. The van der Waals surface area contributed by atoms with E-state index in [-0.39, 0.29) is 24.9 Å². The number of fused-ring (bicyclic) bond motifs is 2. The molecule has 1 fully saturated rings. The second kappa shape index (κ2) is 10.0. The summed E-state index contributed by atoms with van der Waals surface area (Å²) in [4.78, 5) is 22.1. The number of nitrogens with zero attached hydrogens (tertiary/aromatic N) is 4. The molecule has 9 heteroatoms. The molecule has 2 aliphatic rings. The number of hydrogen-bond donors (Lipinski definition) is 0. The topological polar surface area (TPSA) is 59.3 Å². The van der Waals surface area contributed by atoms with Gasteiger partial charge in [0, 0.05) is 57.5 Å². The molecule has 1 unspecified atom stereocenters. The van der Waals surface area contributed by atoms with Crippen LogP contribution in [0.15, 0.2) is 67.0 Å². The van der Waals surface area contributed by atoms with Crippen LogP contribution in [0.5, 0.6) is 11.5 Å². The van der Waals surface area contributed by atoms with Gasteiger partial charge in [-0.1, -0.05) is 35.9 Å². The van der Waals surface area contributed by atoms with Crippen LogP contribution >= 0.6 is 11.6 Å². The van der Waals surface area contributed by atoms with Gasteiger partial charge in [0.1, 0.15) is 11.5 Å². The van der Waals surface area contributed by atoms with Crippen molar-refractivity contribution in [1.29, 1.82) is 0 Å². The van der Waals surface area contributed by atoms with Crippen molar-refractivity contribution in [2.75, 3.05) is 33.0 Å². The molecule has 190 valence electrons. The minimum atomic E-state index is -0.492. The smallest absolute Gasteiger partial charge is 0.231 e. The second-order valence-corrected chi connectivity index (χ2v) is 9.82. The number of halogens is 2. The Morgan fingerprint density at radius 2 is 1.84 bits per heavy atom. The normalized spacial score (nSPS) is 16.3. The lowest BCUT2D eigenvalue weighted by Gasteiger charge is -2.35. The van der Waals surface area contributed by atoms with Gasteiger partial charge in [-0.2, -0.15) is 0 Å². The first-order valence-electron chi connectivity index (χ1n) is 12.3. The first-order valence-corrected chi connectivity index (χ1v) is 12.7. The number of ether oxygens (including phenoxy) is 2. The van der Waals surface area contributed by atoms with Gasteiger partial charge in [-0.25, -0.2) is 9.37 Å². The number of carbonyl (C=O) groups is 1. The summed E-state index contributed by atoms with van der Waals surface area (Å²) in [5.74, 6) is 0.712. The molecule has 37 heavy (non-hydrogen) atoms. The van der Waals surface area contributed by atoms with Gasteiger partial charge in [-0.3, -0.25) is 9.69 Å². The number of carbonyl (C=O) groups excluding carboxylic acids is 1. The van der Waals surface area contributed by atoms with Gasteiger partial charge in [-0.15, -0.1) is 0 Å². The fourth-order valence-corrected chi connectivity index (χ4v) is 5.28. The van der Waals surface area contributed by atoms with Crippen LogP contribution in [0.2, 0.25) is 5.02 Å². The molecule has 2 aliphatic heterocycles. The average Bonchev–Trinajstić information content (AvgIpc) is 3.54. The summed E-state index contributed by atoms with van der Waals surface area (Å²) in [6, 6.07) is 16.2. The Hall–Kier alpha value is -3.62. The maximum atomic E-state index is 14.9. The van der Waals surface area contributed by atoms with Crippen molar-refractivity contribution in [1.82, 2.24) is 19.2 Å².